The highest BCUT2D eigenvalue weighted by atomic mass is 79.9. The molecule has 2 aliphatic rings. The van der Waals surface area contributed by atoms with E-state index in [1.807, 2.05) is 0 Å². The monoisotopic (exact) mass is 347 g/mol. The van der Waals surface area contributed by atoms with Gasteiger partial charge in [-0.15, -0.1) is 0 Å². The molecule has 0 aromatic rings. The first-order valence-corrected chi connectivity index (χ1v) is 6.80. The van der Waals surface area contributed by atoms with Crippen LogP contribution in [0.3, 0.4) is 0 Å². The van der Waals surface area contributed by atoms with Crippen LogP contribution in [0.4, 0.5) is 4.79 Å². The van der Waals surface area contributed by atoms with E-state index in [-0.39, 0.29) is 19.6 Å². The maximum atomic E-state index is 11.9. The van der Waals surface area contributed by atoms with E-state index in [9.17, 15) is 14.7 Å². The van der Waals surface area contributed by atoms with E-state index in [4.69, 9.17) is 10.3 Å². The summed E-state index contributed by atoms with van der Waals surface area (Å²) < 4.78 is 4.63. The highest BCUT2D eigenvalue weighted by Gasteiger charge is 2.46. The minimum Gasteiger partial charge on any atom is -0.394 e. The normalized spacial score (nSPS) is 37.5. The molecular weight excluding hydrogens is 334 g/mol. The molecule has 2 heterocycles. The first-order chi connectivity index (χ1) is 9.39. The Morgan fingerprint density at radius 2 is 2.40 bits per heavy atom. The summed E-state index contributed by atoms with van der Waals surface area (Å²) in [6, 6.07) is -1.10. The molecule has 0 bridgehead atoms. The largest absolute Gasteiger partial charge is 0.394 e. The molecule has 4 atom stereocenters. The van der Waals surface area contributed by atoms with Gasteiger partial charge in [-0.2, -0.15) is 0 Å². The van der Waals surface area contributed by atoms with Crippen molar-refractivity contribution in [2.45, 2.75) is 36.0 Å². The van der Waals surface area contributed by atoms with Crippen LogP contribution in [0.1, 0.15) is 13.3 Å². The standard InChI is InChI=1S/C10H14BrN5O4/c1-10(11)4-16(9(19)13-8(10)18)7-2-5(14-15-12)6(3-17)20-7/h5-7,17H,2-4H2,1H3,(H,13,18,19)/t5-,6+,7+,10?/m0/s1. The molecule has 3 amide bonds. The molecule has 2 saturated heterocycles. The summed E-state index contributed by atoms with van der Waals surface area (Å²) >= 11 is 3.26. The molecule has 1 unspecified atom stereocenters. The Morgan fingerprint density at radius 3 is 3.00 bits per heavy atom. The van der Waals surface area contributed by atoms with Crippen molar-refractivity contribution in [1.82, 2.24) is 10.2 Å². The summed E-state index contributed by atoms with van der Waals surface area (Å²) in [4.78, 5) is 27.5. The van der Waals surface area contributed by atoms with Crippen LogP contribution < -0.4 is 5.32 Å². The first kappa shape index (κ1) is 15.0. The molecule has 9 nitrogen and oxygen atoms in total. The minimum atomic E-state index is -0.907. The zero-order valence-corrected chi connectivity index (χ0v) is 12.3. The molecule has 10 heteroatoms. The molecule has 0 aromatic carbocycles. The molecular formula is C10H14BrN5O4. The number of urea groups is 1. The number of nitrogens with one attached hydrogen (secondary N) is 1. The van der Waals surface area contributed by atoms with Gasteiger partial charge in [0.2, 0.25) is 5.91 Å². The number of imide groups is 1. The second-order valence-electron chi connectivity index (χ2n) is 4.90. The van der Waals surface area contributed by atoms with Crippen molar-refractivity contribution >= 4 is 27.9 Å². The number of aliphatic hydroxyl groups excluding tert-OH is 1. The summed E-state index contributed by atoms with van der Waals surface area (Å²) in [7, 11) is 0. The van der Waals surface area contributed by atoms with E-state index in [1.54, 1.807) is 6.92 Å². The lowest BCUT2D eigenvalue weighted by Crippen LogP contribution is -2.62. The zero-order valence-electron chi connectivity index (χ0n) is 10.7. The highest BCUT2D eigenvalue weighted by molar-refractivity contribution is 9.10. The first-order valence-electron chi connectivity index (χ1n) is 6.00. The predicted molar refractivity (Wildman–Crippen MR) is 70.9 cm³/mol. The minimum absolute atomic E-state index is 0.128. The average Bonchev–Trinajstić information content (AvgIpc) is 2.78. The van der Waals surface area contributed by atoms with Gasteiger partial charge >= 0.3 is 6.03 Å². The number of alkyl halides is 1. The van der Waals surface area contributed by atoms with Crippen molar-refractivity contribution < 1.29 is 19.4 Å². The Morgan fingerprint density at radius 1 is 1.70 bits per heavy atom. The van der Waals surface area contributed by atoms with Gasteiger partial charge in [0.1, 0.15) is 10.6 Å². The quantitative estimate of drug-likeness (QED) is 0.333. The van der Waals surface area contributed by atoms with Crippen molar-refractivity contribution in [3.05, 3.63) is 10.4 Å². The molecule has 2 rings (SSSR count). The van der Waals surface area contributed by atoms with Gasteiger partial charge in [0, 0.05) is 17.9 Å². The van der Waals surface area contributed by atoms with Gasteiger partial charge in [-0.3, -0.25) is 15.0 Å². The second-order valence-corrected chi connectivity index (χ2v) is 6.65. The lowest BCUT2D eigenvalue weighted by atomic mass is 10.1. The lowest BCUT2D eigenvalue weighted by Gasteiger charge is -2.38. The van der Waals surface area contributed by atoms with E-state index >= 15 is 0 Å². The van der Waals surface area contributed by atoms with Gasteiger partial charge in [-0.05, 0) is 12.5 Å². The van der Waals surface area contributed by atoms with Crippen LogP contribution in [-0.4, -0.2) is 57.8 Å². The molecule has 2 aliphatic heterocycles. The maximum Gasteiger partial charge on any atom is 0.326 e. The number of nitrogens with zero attached hydrogens (tertiary/aromatic N) is 4. The van der Waals surface area contributed by atoms with Crippen molar-refractivity contribution in [2.75, 3.05) is 13.2 Å². The molecule has 2 N–H and O–H groups in total. The van der Waals surface area contributed by atoms with Crippen LogP contribution in [0.15, 0.2) is 5.11 Å². The second kappa shape index (κ2) is 5.57. The fourth-order valence-corrected chi connectivity index (χ4v) is 2.62. The summed E-state index contributed by atoms with van der Waals surface area (Å²) in [5.74, 6) is -0.415. The van der Waals surface area contributed by atoms with Crippen LogP contribution in [0, 0.1) is 0 Å². The summed E-state index contributed by atoms with van der Waals surface area (Å²) in [5.41, 5.74) is 8.48. The van der Waals surface area contributed by atoms with Crippen LogP contribution in [0.25, 0.3) is 10.4 Å². The van der Waals surface area contributed by atoms with Crippen molar-refractivity contribution in [3.8, 4) is 0 Å². The zero-order chi connectivity index (χ0) is 14.9. The third kappa shape index (κ3) is 2.73. The predicted octanol–water partition coefficient (Wildman–Crippen LogP) is 0.478. The molecule has 0 spiro atoms. The van der Waals surface area contributed by atoms with Gasteiger partial charge in [-0.1, -0.05) is 21.0 Å². The molecule has 0 aliphatic carbocycles. The fraction of sp³-hybridized carbons (Fsp3) is 0.800. The SMILES string of the molecule is CC1(Br)CN([C@H]2C[C@H](N=[N+]=[N-])[C@@H](CO)O2)C(=O)NC1=O. The Balaban J connectivity index is 2.14. The number of ether oxygens (including phenoxy) is 1. The van der Waals surface area contributed by atoms with Gasteiger partial charge in [-0.25, -0.2) is 4.79 Å². The number of hydrogen-bond donors (Lipinski definition) is 2. The van der Waals surface area contributed by atoms with Gasteiger partial charge in [0.25, 0.3) is 0 Å². The van der Waals surface area contributed by atoms with E-state index in [1.165, 1.54) is 4.90 Å². The van der Waals surface area contributed by atoms with Crippen molar-refractivity contribution in [1.29, 1.82) is 0 Å². The molecule has 0 saturated carbocycles. The van der Waals surface area contributed by atoms with E-state index in [2.05, 4.69) is 31.3 Å². The topological polar surface area (TPSA) is 128 Å². The lowest BCUT2D eigenvalue weighted by molar-refractivity contribution is -0.126. The number of amides is 3. The number of rotatable bonds is 3. The number of carbonyl (C=O) groups is 2. The molecule has 2 fully saturated rings. The van der Waals surface area contributed by atoms with Crippen LogP contribution in [0.5, 0.6) is 0 Å². The number of carbonyl (C=O) groups excluding carboxylic acids is 2. The van der Waals surface area contributed by atoms with Gasteiger partial charge < -0.3 is 9.84 Å². The van der Waals surface area contributed by atoms with Crippen LogP contribution >= 0.6 is 15.9 Å². The number of halogens is 1. The Labute approximate surface area is 123 Å². The van der Waals surface area contributed by atoms with E-state index in [0.29, 0.717) is 0 Å². The smallest absolute Gasteiger partial charge is 0.326 e. The Kier molecular flexibility index (Phi) is 4.19. The maximum absolute atomic E-state index is 11.9. The molecule has 20 heavy (non-hydrogen) atoms. The summed E-state index contributed by atoms with van der Waals surface area (Å²) in [6.07, 6.45) is -1.02. The van der Waals surface area contributed by atoms with Crippen molar-refractivity contribution in [2.24, 2.45) is 5.11 Å². The Bertz CT molecular complexity index is 478. The number of hydrogen-bond acceptors (Lipinski definition) is 5. The van der Waals surface area contributed by atoms with Gasteiger partial charge in [0.05, 0.1) is 18.8 Å². The van der Waals surface area contributed by atoms with Crippen LogP contribution in [0.2, 0.25) is 0 Å². The summed E-state index contributed by atoms with van der Waals surface area (Å²) in [5, 5.41) is 15.0. The third-order valence-corrected chi connectivity index (χ3v) is 3.96. The average molecular weight is 348 g/mol. The van der Waals surface area contributed by atoms with Crippen molar-refractivity contribution in [3.63, 3.8) is 0 Å². The molecule has 0 radical (unpaired) electrons. The third-order valence-electron chi connectivity index (χ3n) is 3.35. The number of azide groups is 1. The highest BCUT2D eigenvalue weighted by Crippen LogP contribution is 2.30. The number of aliphatic hydroxyl groups is 1. The van der Waals surface area contributed by atoms with Crippen LogP contribution in [-0.2, 0) is 9.53 Å². The van der Waals surface area contributed by atoms with E-state index < -0.39 is 34.6 Å². The van der Waals surface area contributed by atoms with Gasteiger partial charge in [0.15, 0.2) is 0 Å². The summed E-state index contributed by atoms with van der Waals surface area (Å²) in [6.45, 7) is 1.47. The fourth-order valence-electron chi connectivity index (χ4n) is 2.25. The molecule has 110 valence electrons. The molecule has 0 aromatic heterocycles. The van der Waals surface area contributed by atoms with E-state index in [0.717, 1.165) is 0 Å². The Hall–Kier alpha value is -1.35.